The molecule has 1 N–H and O–H groups in total. The highest BCUT2D eigenvalue weighted by molar-refractivity contribution is 6.04. The van der Waals surface area contributed by atoms with Gasteiger partial charge < -0.3 is 19.7 Å². The summed E-state index contributed by atoms with van der Waals surface area (Å²) in [5, 5.41) is 12.0. The number of carbonyl (C=O) groups is 1. The second-order valence-corrected chi connectivity index (χ2v) is 5.51. The molecule has 1 fully saturated rings. The Bertz CT molecular complexity index is 626. The number of ether oxygens (including phenoxy) is 2. The summed E-state index contributed by atoms with van der Waals surface area (Å²) in [6.07, 6.45) is 0. The molecule has 0 aromatic heterocycles. The maximum absolute atomic E-state index is 12.1. The van der Waals surface area contributed by atoms with E-state index in [1.807, 2.05) is 30.3 Å². The minimum absolute atomic E-state index is 0.130. The lowest BCUT2D eigenvalue weighted by Gasteiger charge is -2.29. The van der Waals surface area contributed by atoms with Gasteiger partial charge in [-0.25, -0.2) is 0 Å². The highest BCUT2D eigenvalue weighted by Gasteiger charge is 2.15. The summed E-state index contributed by atoms with van der Waals surface area (Å²) in [5.74, 6) is -0.371. The number of nitrogens with one attached hydrogen (secondary N) is 1. The van der Waals surface area contributed by atoms with Gasteiger partial charge in [0.25, 0.3) is 5.91 Å². The van der Waals surface area contributed by atoms with Crippen LogP contribution in [0.4, 0.5) is 5.69 Å². The van der Waals surface area contributed by atoms with Crippen molar-refractivity contribution in [2.75, 3.05) is 51.5 Å². The molecule has 1 aromatic carbocycles. The van der Waals surface area contributed by atoms with E-state index in [4.69, 9.17) is 9.47 Å². The molecule has 1 aliphatic rings. The minimum atomic E-state index is -0.371. The number of hydrogen-bond acceptors (Lipinski definition) is 5. The van der Waals surface area contributed by atoms with Crippen LogP contribution in [-0.4, -0.2) is 52.5 Å². The van der Waals surface area contributed by atoms with E-state index in [1.54, 1.807) is 14.0 Å². The largest absolute Gasteiger partial charge is 0.383 e. The molecule has 6 heteroatoms. The Kier molecular flexibility index (Phi) is 6.79. The molecule has 1 aliphatic heterocycles. The van der Waals surface area contributed by atoms with Gasteiger partial charge in [-0.1, -0.05) is 12.1 Å². The summed E-state index contributed by atoms with van der Waals surface area (Å²) in [6.45, 7) is 5.81. The average Bonchev–Trinajstić information content (AvgIpc) is 2.63. The van der Waals surface area contributed by atoms with E-state index in [-0.39, 0.29) is 11.5 Å². The first-order valence-electron chi connectivity index (χ1n) is 7.98. The average molecular weight is 329 g/mol. The van der Waals surface area contributed by atoms with E-state index in [1.165, 1.54) is 0 Å². The fraction of sp³-hybridized carbons (Fsp3) is 0.444. The van der Waals surface area contributed by atoms with Gasteiger partial charge in [0.05, 0.1) is 19.8 Å². The quantitative estimate of drug-likeness (QED) is 0.487. The van der Waals surface area contributed by atoms with E-state index in [2.05, 4.69) is 10.2 Å². The third-order valence-electron chi connectivity index (χ3n) is 3.98. The zero-order valence-electron chi connectivity index (χ0n) is 14.2. The van der Waals surface area contributed by atoms with Gasteiger partial charge in [0.15, 0.2) is 0 Å². The van der Waals surface area contributed by atoms with Crippen molar-refractivity contribution in [1.82, 2.24) is 5.32 Å². The number of amides is 1. The Labute approximate surface area is 142 Å². The van der Waals surface area contributed by atoms with Gasteiger partial charge in [0.2, 0.25) is 0 Å². The molecule has 24 heavy (non-hydrogen) atoms. The van der Waals surface area contributed by atoms with E-state index in [9.17, 15) is 10.1 Å². The van der Waals surface area contributed by atoms with Crippen molar-refractivity contribution in [2.45, 2.75) is 6.92 Å². The first kappa shape index (κ1) is 18.0. The number of morpholine rings is 1. The molecule has 6 nitrogen and oxygen atoms in total. The summed E-state index contributed by atoms with van der Waals surface area (Å²) in [4.78, 5) is 14.4. The molecule has 0 saturated carbocycles. The third-order valence-corrected chi connectivity index (χ3v) is 3.98. The summed E-state index contributed by atoms with van der Waals surface area (Å²) in [5.41, 5.74) is 2.79. The van der Waals surface area contributed by atoms with Gasteiger partial charge in [0.1, 0.15) is 11.6 Å². The zero-order valence-corrected chi connectivity index (χ0v) is 14.2. The van der Waals surface area contributed by atoms with Gasteiger partial charge in [-0.3, -0.25) is 4.79 Å². The van der Waals surface area contributed by atoms with Gasteiger partial charge in [0, 0.05) is 32.4 Å². The van der Waals surface area contributed by atoms with Crippen LogP contribution in [0.5, 0.6) is 0 Å². The van der Waals surface area contributed by atoms with Crippen LogP contribution >= 0.6 is 0 Å². The maximum Gasteiger partial charge on any atom is 0.262 e. The van der Waals surface area contributed by atoms with Crippen LogP contribution in [0.2, 0.25) is 0 Å². The predicted octanol–water partition coefficient (Wildman–Crippen LogP) is 1.58. The molecule has 0 aliphatic carbocycles. The van der Waals surface area contributed by atoms with Crippen LogP contribution in [0.15, 0.2) is 29.8 Å². The van der Waals surface area contributed by atoms with Gasteiger partial charge in [-0.2, -0.15) is 5.26 Å². The van der Waals surface area contributed by atoms with Crippen molar-refractivity contribution in [3.8, 4) is 6.07 Å². The summed E-state index contributed by atoms with van der Waals surface area (Å²) < 4.78 is 10.3. The Balaban J connectivity index is 2.12. The number of methoxy groups -OCH3 is 1. The van der Waals surface area contributed by atoms with Crippen LogP contribution in [0, 0.1) is 11.3 Å². The van der Waals surface area contributed by atoms with Crippen LogP contribution in [0.1, 0.15) is 12.5 Å². The molecular weight excluding hydrogens is 306 g/mol. The van der Waals surface area contributed by atoms with Crippen molar-refractivity contribution < 1.29 is 14.3 Å². The van der Waals surface area contributed by atoms with Crippen LogP contribution in [0.25, 0.3) is 5.57 Å². The zero-order chi connectivity index (χ0) is 17.4. The molecule has 1 saturated heterocycles. The van der Waals surface area contributed by atoms with E-state index in [0.717, 1.165) is 37.6 Å². The summed E-state index contributed by atoms with van der Waals surface area (Å²) in [6, 6.07) is 9.93. The summed E-state index contributed by atoms with van der Waals surface area (Å²) in [7, 11) is 1.56. The number of nitrogens with zero attached hydrogens (tertiary/aromatic N) is 2. The lowest BCUT2D eigenvalue weighted by Crippen LogP contribution is -2.36. The van der Waals surface area contributed by atoms with Crippen molar-refractivity contribution in [3.05, 3.63) is 35.4 Å². The highest BCUT2D eigenvalue weighted by atomic mass is 16.5. The van der Waals surface area contributed by atoms with Crippen LogP contribution < -0.4 is 10.2 Å². The van der Waals surface area contributed by atoms with Crippen molar-refractivity contribution in [3.63, 3.8) is 0 Å². The fourth-order valence-corrected chi connectivity index (χ4v) is 2.55. The molecule has 0 radical (unpaired) electrons. The smallest absolute Gasteiger partial charge is 0.262 e. The Hall–Kier alpha value is -2.36. The van der Waals surface area contributed by atoms with Gasteiger partial charge in [-0.05, 0) is 30.2 Å². The van der Waals surface area contributed by atoms with Crippen molar-refractivity contribution in [1.29, 1.82) is 5.26 Å². The number of nitriles is 1. The number of allylic oxidation sites excluding steroid dienone is 1. The number of anilines is 1. The molecule has 0 atom stereocenters. The van der Waals surface area contributed by atoms with Gasteiger partial charge in [-0.15, -0.1) is 0 Å². The molecule has 1 heterocycles. The van der Waals surface area contributed by atoms with Crippen LogP contribution in [-0.2, 0) is 14.3 Å². The molecule has 0 spiro atoms. The van der Waals surface area contributed by atoms with Gasteiger partial charge >= 0.3 is 0 Å². The molecule has 0 bridgehead atoms. The molecule has 1 aromatic rings. The predicted molar refractivity (Wildman–Crippen MR) is 92.6 cm³/mol. The standard InChI is InChI=1S/C18H23N3O3/c1-14(17(13-19)18(22)20-7-10-23-2)15-3-5-16(6-4-15)21-8-11-24-12-9-21/h3-6H,7-12H2,1-2H3,(H,20,22)/b17-14+. The highest BCUT2D eigenvalue weighted by Crippen LogP contribution is 2.23. The number of hydrogen-bond donors (Lipinski definition) is 1. The molecule has 128 valence electrons. The molecular formula is C18H23N3O3. The fourth-order valence-electron chi connectivity index (χ4n) is 2.55. The lowest BCUT2D eigenvalue weighted by atomic mass is 10.0. The topological polar surface area (TPSA) is 74.6 Å². The van der Waals surface area contributed by atoms with E-state index >= 15 is 0 Å². The van der Waals surface area contributed by atoms with Crippen LogP contribution in [0.3, 0.4) is 0 Å². The van der Waals surface area contributed by atoms with E-state index in [0.29, 0.717) is 18.7 Å². The first-order chi connectivity index (χ1) is 11.7. The maximum atomic E-state index is 12.1. The SMILES string of the molecule is COCCNC(=O)/C(C#N)=C(\C)c1ccc(N2CCOCC2)cc1. The Morgan fingerprint density at radius 3 is 2.58 bits per heavy atom. The summed E-state index contributed by atoms with van der Waals surface area (Å²) >= 11 is 0. The van der Waals surface area contributed by atoms with Crippen molar-refractivity contribution >= 4 is 17.2 Å². The monoisotopic (exact) mass is 329 g/mol. The normalized spacial score (nSPS) is 15.5. The lowest BCUT2D eigenvalue weighted by molar-refractivity contribution is -0.117. The first-order valence-corrected chi connectivity index (χ1v) is 7.98. The second-order valence-electron chi connectivity index (χ2n) is 5.51. The molecule has 2 rings (SSSR count). The number of rotatable bonds is 6. The van der Waals surface area contributed by atoms with E-state index < -0.39 is 0 Å². The number of carbonyl (C=O) groups excluding carboxylic acids is 1. The Morgan fingerprint density at radius 2 is 2.00 bits per heavy atom. The molecule has 1 amide bonds. The number of benzene rings is 1. The third kappa shape index (κ3) is 4.57. The second kappa shape index (κ2) is 9.06. The minimum Gasteiger partial charge on any atom is -0.383 e. The van der Waals surface area contributed by atoms with Crippen molar-refractivity contribution in [2.24, 2.45) is 0 Å². The Morgan fingerprint density at radius 1 is 1.33 bits per heavy atom. The molecule has 0 unspecified atom stereocenters.